The Kier molecular flexibility index (Phi) is 31.5. The zero-order valence-electron chi connectivity index (χ0n) is 53.0. The molecule has 542 valence electrons. The van der Waals surface area contributed by atoms with Crippen molar-refractivity contribution >= 4 is 95.2 Å². The number of imidazole rings is 1. The lowest BCUT2D eigenvalue weighted by atomic mass is 9.93. The largest absolute Gasteiger partial charge is 0.494 e. The molecule has 35 nitrogen and oxygen atoms in total. The number of fused-ring (bicyclic) bond motifs is 1. The van der Waals surface area contributed by atoms with Gasteiger partial charge in [-0.3, -0.25) is 67.1 Å². The highest BCUT2D eigenvalue weighted by Crippen LogP contribution is 2.32. The van der Waals surface area contributed by atoms with Crippen LogP contribution in [0.3, 0.4) is 0 Å². The number of halogens is 3. The second-order valence-corrected chi connectivity index (χ2v) is 27.6. The molecule has 0 saturated carbocycles. The van der Waals surface area contributed by atoms with Crippen molar-refractivity contribution in [1.29, 1.82) is 0 Å². The Morgan fingerprint density at radius 1 is 0.732 bits per heavy atom. The lowest BCUT2D eigenvalue weighted by Gasteiger charge is -2.34. The molecule has 3 amide bonds. The van der Waals surface area contributed by atoms with E-state index >= 15 is 0 Å². The Hall–Kier alpha value is -8.16. The molecule has 2 aliphatic heterocycles. The second-order valence-electron chi connectivity index (χ2n) is 22.9. The van der Waals surface area contributed by atoms with Crippen molar-refractivity contribution in [2.75, 3.05) is 127 Å². The molecule has 0 aliphatic carbocycles. The number of Topliss-reactive ketones (excluding diaryl/α,β-unsaturated/α-hetero) is 1. The first-order chi connectivity index (χ1) is 45.2. The van der Waals surface area contributed by atoms with Crippen molar-refractivity contribution in [3.05, 3.63) is 65.0 Å². The molecule has 4 atom stereocenters. The number of hydrogen-bond acceptors (Lipinski definition) is 23. The molecule has 3 aromatic rings. The summed E-state index contributed by atoms with van der Waals surface area (Å²) in [5.74, 6) is -12.3. The number of rotatable bonds is 34. The van der Waals surface area contributed by atoms with Crippen LogP contribution >= 0.6 is 0 Å². The SMILES string of the molecule is Cc1cc(OCCCC(=O)NCCCC(CC(CS(=O)(=O)O)NC(=O)CN2CCN(CC(=O)O)CCN(CC(=O)O)CCN(CC(=O)O)CC2)CS(=O)(=O)O)cc(C)c1S(=O)(=O)N[C@@H](CNC(=O)C1CC(=O)c2ccc(CNc3ncc[nH]3)cc2N1C)C(=O)O.O=C(O)C(F)(F)F. The van der Waals surface area contributed by atoms with E-state index < -0.39 is 146 Å². The summed E-state index contributed by atoms with van der Waals surface area (Å²) in [6, 6.07) is 3.72. The quantitative estimate of drug-likeness (QED) is 0.0252. The van der Waals surface area contributed by atoms with Crippen molar-refractivity contribution in [2.45, 2.75) is 88.1 Å². The highest BCUT2D eigenvalue weighted by atomic mass is 32.2. The van der Waals surface area contributed by atoms with Gasteiger partial charge in [-0.05, 0) is 86.4 Å². The number of aromatic nitrogens is 2. The Balaban J connectivity index is 0.00000270. The van der Waals surface area contributed by atoms with Gasteiger partial charge in [-0.1, -0.05) is 6.07 Å². The number of likely N-dealkylation sites (N-methyl/N-ethyl adjacent to an activating group) is 1. The summed E-state index contributed by atoms with van der Waals surface area (Å²) in [5.41, 5.74) is 2.01. The van der Waals surface area contributed by atoms with Gasteiger partial charge in [0.15, 0.2) is 11.7 Å². The summed E-state index contributed by atoms with van der Waals surface area (Å²) >= 11 is 0. The van der Waals surface area contributed by atoms with Gasteiger partial charge in [0.05, 0.1) is 49.2 Å². The third kappa shape index (κ3) is 30.0. The van der Waals surface area contributed by atoms with Crippen molar-refractivity contribution in [3.63, 3.8) is 0 Å². The van der Waals surface area contributed by atoms with Gasteiger partial charge in [-0.15, -0.1) is 0 Å². The number of nitrogens with zero attached hydrogens (tertiary/aromatic N) is 6. The molecule has 0 bridgehead atoms. The van der Waals surface area contributed by atoms with Crippen LogP contribution in [-0.4, -0.2) is 284 Å². The number of carbonyl (C=O) groups excluding carboxylic acids is 4. The number of alkyl halides is 3. The van der Waals surface area contributed by atoms with Gasteiger partial charge < -0.3 is 61.4 Å². The molecule has 13 N–H and O–H groups in total. The number of aryl methyl sites for hydroxylation is 2. The van der Waals surface area contributed by atoms with Crippen molar-refractivity contribution in [3.8, 4) is 5.75 Å². The number of benzene rings is 2. The molecule has 97 heavy (non-hydrogen) atoms. The number of sulfonamides is 1. The van der Waals surface area contributed by atoms with Gasteiger partial charge in [0, 0.05) is 122 Å². The molecule has 0 spiro atoms. The fourth-order valence-corrected chi connectivity index (χ4v) is 13.8. The molecule has 1 saturated heterocycles. The molecule has 1 aromatic heterocycles. The Morgan fingerprint density at radius 3 is 1.73 bits per heavy atom. The van der Waals surface area contributed by atoms with Gasteiger partial charge in [-0.2, -0.15) is 34.7 Å². The predicted molar refractivity (Wildman–Crippen MR) is 336 cm³/mol. The average Bonchev–Trinajstić information content (AvgIpc) is 1.50. The standard InChI is InChI=1S/C54H80N12O21S3.C2HF3O2/c1-35-22-40(23-36(2)51(35)90(85,86)61-42(53(77)78)28-58-52(76)44-26-45(67)41-9-8-37(25-43(41)62(44)3)27-59-54-56-11-12-57-54)87-21-5-7-46(68)55-10-4-6-38(33-88(79,80)81)24-39(34-89(82,83)84)60-47(69)29-63-13-15-64(30-48(70)71)17-19-66(32-50(74)75)20-18-65(16-14-63)31-49(72)73;3-2(4,5)1(6)7/h8-9,11-12,22-23,25,38-39,42,44,61H,4-7,10,13-21,24,26-34H2,1-3H3,(H,55,68)(H,58,76)(H,60,69)(H,70,71)(H,72,73)(H,74,75)(H,77,78)(H2,56,57,59)(H,79,80,81)(H,82,83,84);(H,6,7)/t38?,39?,42-,44?;/m0./s1. The maximum absolute atomic E-state index is 13.7. The minimum absolute atomic E-state index is 0.0136. The molecule has 5 rings (SSSR count). The van der Waals surface area contributed by atoms with Gasteiger partial charge in [0.25, 0.3) is 20.2 Å². The molecule has 2 aliphatic rings. The zero-order valence-corrected chi connectivity index (χ0v) is 55.5. The number of carbonyl (C=O) groups is 9. The zero-order chi connectivity index (χ0) is 72.6. The minimum atomic E-state index is -5.08. The number of aromatic amines is 1. The number of carboxylic acids is 5. The number of ketones is 1. The van der Waals surface area contributed by atoms with Gasteiger partial charge in [-0.25, -0.2) is 18.2 Å². The Bertz CT molecular complexity index is 3540. The lowest BCUT2D eigenvalue weighted by Crippen LogP contribution is -2.54. The lowest BCUT2D eigenvalue weighted by molar-refractivity contribution is -0.192. The third-order valence-electron chi connectivity index (χ3n) is 15.0. The highest BCUT2D eigenvalue weighted by molar-refractivity contribution is 7.89. The number of anilines is 2. The molecule has 2 aromatic carbocycles. The molecule has 41 heteroatoms. The first-order valence-electron chi connectivity index (χ1n) is 29.9. The van der Waals surface area contributed by atoms with Crippen LogP contribution in [-0.2, 0) is 75.2 Å². The van der Waals surface area contributed by atoms with E-state index in [0.29, 0.717) is 23.7 Å². The molecule has 3 unspecified atom stereocenters. The van der Waals surface area contributed by atoms with Crippen molar-refractivity contribution in [2.24, 2.45) is 5.92 Å². The number of hydrogen-bond donors (Lipinski definition) is 13. The van der Waals surface area contributed by atoms with Gasteiger partial charge >= 0.3 is 36.0 Å². The third-order valence-corrected chi connectivity index (χ3v) is 18.5. The number of aliphatic carboxylic acids is 5. The number of carboxylic acid groups (broad SMARTS) is 5. The number of nitrogens with one attached hydrogen (secondary N) is 6. The Morgan fingerprint density at radius 2 is 1.26 bits per heavy atom. The van der Waals surface area contributed by atoms with E-state index in [0.717, 1.165) is 5.56 Å². The molecule has 1 fully saturated rings. The summed E-state index contributed by atoms with van der Waals surface area (Å²) < 4.78 is 136. The average molecular weight is 1440 g/mol. The minimum Gasteiger partial charge on any atom is -0.494 e. The van der Waals surface area contributed by atoms with Gasteiger partial charge in [0.2, 0.25) is 27.7 Å². The summed E-state index contributed by atoms with van der Waals surface area (Å²) in [4.78, 5) is 124. The Labute approximate surface area is 556 Å². The number of H-pyrrole nitrogens is 1. The molecular formula is C56H81F3N12O23S3. The van der Waals surface area contributed by atoms with Crippen molar-refractivity contribution < 1.29 is 121 Å². The van der Waals surface area contributed by atoms with E-state index in [1.54, 1.807) is 52.3 Å². The van der Waals surface area contributed by atoms with Crippen LogP contribution in [0.5, 0.6) is 5.75 Å². The van der Waals surface area contributed by atoms with E-state index in [9.17, 15) is 106 Å². The summed E-state index contributed by atoms with van der Waals surface area (Å²) in [7, 11) is -12.4. The fraction of sp³-hybridized carbons (Fsp3) is 0.571. The molecular weight excluding hydrogens is 1360 g/mol. The highest BCUT2D eigenvalue weighted by Gasteiger charge is 2.39. The number of ether oxygens (including phenoxy) is 1. The monoisotopic (exact) mass is 1440 g/mol. The van der Waals surface area contributed by atoms with Crippen LogP contribution in [0.15, 0.2) is 47.6 Å². The van der Waals surface area contributed by atoms with Crippen LogP contribution in [0.1, 0.15) is 65.6 Å². The first kappa shape index (κ1) is 81.3. The maximum atomic E-state index is 13.7. The maximum Gasteiger partial charge on any atom is 0.490 e. The van der Waals surface area contributed by atoms with Crippen LogP contribution in [0.4, 0.5) is 24.8 Å². The first-order valence-corrected chi connectivity index (χ1v) is 34.6. The van der Waals surface area contributed by atoms with Crippen molar-refractivity contribution in [1.82, 2.24) is 50.2 Å². The van der Waals surface area contributed by atoms with E-state index in [1.165, 1.54) is 35.8 Å². The second kappa shape index (κ2) is 37.5. The molecule has 3 heterocycles. The van der Waals surface area contributed by atoms with E-state index in [-0.39, 0.29) is 138 Å². The fourth-order valence-electron chi connectivity index (χ4n) is 10.6. The van der Waals surface area contributed by atoms with E-state index in [2.05, 4.69) is 36.0 Å². The summed E-state index contributed by atoms with van der Waals surface area (Å²) in [5, 5.41) is 56.5. The summed E-state index contributed by atoms with van der Waals surface area (Å²) in [6.07, 6.45) is -2.29. The predicted octanol–water partition coefficient (Wildman–Crippen LogP) is -0.991. The topological polar surface area (TPSA) is 512 Å². The normalized spacial score (nSPS) is 16.7. The van der Waals surface area contributed by atoms with Crippen LogP contribution in [0.25, 0.3) is 0 Å². The van der Waals surface area contributed by atoms with E-state index in [4.69, 9.17) is 14.6 Å². The van der Waals surface area contributed by atoms with Crippen LogP contribution < -0.4 is 35.6 Å². The summed E-state index contributed by atoms with van der Waals surface area (Å²) in [6.45, 7) is 1.55. The smallest absolute Gasteiger partial charge is 0.490 e. The number of amides is 3. The van der Waals surface area contributed by atoms with Crippen LogP contribution in [0.2, 0.25) is 0 Å². The van der Waals surface area contributed by atoms with Gasteiger partial charge in [0.1, 0.15) is 17.8 Å². The van der Waals surface area contributed by atoms with E-state index in [1.807, 2.05) is 0 Å². The molecule has 0 radical (unpaired) electrons. The van der Waals surface area contributed by atoms with Crippen LogP contribution in [0, 0.1) is 19.8 Å².